The van der Waals surface area contributed by atoms with Crippen molar-refractivity contribution < 1.29 is 9.59 Å². The van der Waals surface area contributed by atoms with Crippen molar-refractivity contribution >= 4 is 17.6 Å². The molecule has 5 heteroatoms. The predicted octanol–water partition coefficient (Wildman–Crippen LogP) is 3.08. The summed E-state index contributed by atoms with van der Waals surface area (Å²) in [5.41, 5.74) is 3.14. The van der Waals surface area contributed by atoms with Crippen molar-refractivity contribution in [1.29, 1.82) is 0 Å². The third-order valence-corrected chi connectivity index (χ3v) is 4.88. The van der Waals surface area contributed by atoms with E-state index in [1.54, 1.807) is 0 Å². The molecule has 2 aromatic carbocycles. The zero-order chi connectivity index (χ0) is 17.2. The van der Waals surface area contributed by atoms with Crippen LogP contribution in [-0.4, -0.2) is 29.9 Å². The molecule has 1 atom stereocenters. The Hall–Kier alpha value is -2.82. The molecule has 5 nitrogen and oxygen atoms in total. The number of nitrogens with one attached hydrogen (secondary N) is 1. The minimum atomic E-state index is -0.0346. The van der Waals surface area contributed by atoms with Crippen LogP contribution in [0.1, 0.15) is 30.0 Å². The molecule has 128 valence electrons. The monoisotopic (exact) mass is 335 g/mol. The van der Waals surface area contributed by atoms with Gasteiger partial charge in [-0.2, -0.15) is 0 Å². The molecule has 2 heterocycles. The van der Waals surface area contributed by atoms with Crippen molar-refractivity contribution in [2.45, 2.75) is 25.4 Å². The molecular formula is C20H21N3O2. The number of hydrogen-bond acceptors (Lipinski definition) is 2. The van der Waals surface area contributed by atoms with Gasteiger partial charge in [0.2, 0.25) is 5.91 Å². The molecule has 0 spiro atoms. The van der Waals surface area contributed by atoms with Gasteiger partial charge in [0.05, 0.1) is 6.04 Å². The van der Waals surface area contributed by atoms with E-state index in [1.165, 1.54) is 0 Å². The molecule has 1 N–H and O–H groups in total. The van der Waals surface area contributed by atoms with Gasteiger partial charge in [-0.15, -0.1) is 0 Å². The molecule has 2 aromatic rings. The predicted molar refractivity (Wildman–Crippen MR) is 96.2 cm³/mol. The summed E-state index contributed by atoms with van der Waals surface area (Å²) >= 11 is 0. The molecule has 0 aromatic heterocycles. The van der Waals surface area contributed by atoms with E-state index in [0.717, 1.165) is 29.8 Å². The van der Waals surface area contributed by atoms with Gasteiger partial charge in [0.25, 0.3) is 0 Å². The average molecular weight is 335 g/mol. The zero-order valence-electron chi connectivity index (χ0n) is 14.0. The highest BCUT2D eigenvalue weighted by atomic mass is 16.2. The Morgan fingerprint density at radius 3 is 2.44 bits per heavy atom. The van der Waals surface area contributed by atoms with E-state index >= 15 is 0 Å². The maximum absolute atomic E-state index is 12.2. The average Bonchev–Trinajstić information content (AvgIpc) is 3.23. The third-order valence-electron chi connectivity index (χ3n) is 4.88. The lowest BCUT2D eigenvalue weighted by molar-refractivity contribution is -0.117. The van der Waals surface area contributed by atoms with Crippen molar-refractivity contribution in [2.24, 2.45) is 0 Å². The molecule has 2 fully saturated rings. The Labute approximate surface area is 147 Å². The first kappa shape index (κ1) is 15.7. The summed E-state index contributed by atoms with van der Waals surface area (Å²) < 4.78 is 0. The highest BCUT2D eigenvalue weighted by Crippen LogP contribution is 2.24. The van der Waals surface area contributed by atoms with Gasteiger partial charge in [0.1, 0.15) is 0 Å². The Balaban J connectivity index is 1.42. The maximum atomic E-state index is 12.2. The van der Waals surface area contributed by atoms with E-state index in [9.17, 15) is 9.59 Å². The maximum Gasteiger partial charge on any atom is 0.318 e. The lowest BCUT2D eigenvalue weighted by Gasteiger charge is -2.18. The fourth-order valence-electron chi connectivity index (χ4n) is 3.52. The van der Waals surface area contributed by atoms with Crippen LogP contribution >= 0.6 is 0 Å². The van der Waals surface area contributed by atoms with Gasteiger partial charge in [0, 0.05) is 31.7 Å². The molecular weight excluding hydrogens is 314 g/mol. The van der Waals surface area contributed by atoms with E-state index in [1.807, 2.05) is 64.4 Å². The van der Waals surface area contributed by atoms with Gasteiger partial charge in [-0.1, -0.05) is 42.5 Å². The molecule has 0 radical (unpaired) electrons. The van der Waals surface area contributed by atoms with Crippen LogP contribution in [-0.2, 0) is 11.3 Å². The van der Waals surface area contributed by atoms with Crippen LogP contribution in [0.2, 0.25) is 0 Å². The topological polar surface area (TPSA) is 52.7 Å². The molecule has 25 heavy (non-hydrogen) atoms. The molecule has 0 bridgehead atoms. The summed E-state index contributed by atoms with van der Waals surface area (Å²) in [4.78, 5) is 27.7. The number of carbonyl (C=O) groups excluding carboxylic acids is 2. The van der Waals surface area contributed by atoms with Gasteiger partial charge >= 0.3 is 6.03 Å². The van der Waals surface area contributed by atoms with Crippen molar-refractivity contribution in [1.82, 2.24) is 10.2 Å². The Morgan fingerprint density at radius 2 is 1.76 bits per heavy atom. The first-order chi connectivity index (χ1) is 12.2. The van der Waals surface area contributed by atoms with Crippen LogP contribution in [0.5, 0.6) is 0 Å². The molecule has 0 aliphatic carbocycles. The quantitative estimate of drug-likeness (QED) is 0.933. The van der Waals surface area contributed by atoms with Crippen molar-refractivity contribution in [2.75, 3.05) is 18.0 Å². The third kappa shape index (κ3) is 3.22. The van der Waals surface area contributed by atoms with E-state index in [0.29, 0.717) is 19.5 Å². The Bertz CT molecular complexity index is 773. The summed E-state index contributed by atoms with van der Waals surface area (Å²) in [6, 6.07) is 18.0. The summed E-state index contributed by atoms with van der Waals surface area (Å²) in [7, 11) is 0. The Morgan fingerprint density at radius 1 is 1.00 bits per heavy atom. The summed E-state index contributed by atoms with van der Waals surface area (Å²) in [6.45, 7) is 2.03. The first-order valence-electron chi connectivity index (χ1n) is 8.70. The van der Waals surface area contributed by atoms with Crippen LogP contribution in [0.25, 0.3) is 0 Å². The highest BCUT2D eigenvalue weighted by Gasteiger charge is 2.29. The number of urea groups is 1. The fraction of sp³-hybridized carbons (Fsp3) is 0.300. The number of anilines is 1. The summed E-state index contributed by atoms with van der Waals surface area (Å²) in [5.74, 6) is 0.192. The van der Waals surface area contributed by atoms with Crippen LogP contribution in [0.3, 0.4) is 0 Å². The molecule has 3 amide bonds. The second-order valence-electron chi connectivity index (χ2n) is 6.61. The first-order valence-corrected chi connectivity index (χ1v) is 8.70. The lowest BCUT2D eigenvalue weighted by Crippen LogP contribution is -2.27. The van der Waals surface area contributed by atoms with Crippen molar-refractivity contribution in [3.63, 3.8) is 0 Å². The van der Waals surface area contributed by atoms with Crippen LogP contribution in [0.4, 0.5) is 10.5 Å². The van der Waals surface area contributed by atoms with Gasteiger partial charge < -0.3 is 15.1 Å². The SMILES string of the molecule is O=C1N[C@@H](c2ccccc2)CN1Cc1ccc(N2CCCC2=O)cc1. The van der Waals surface area contributed by atoms with Gasteiger partial charge in [0.15, 0.2) is 0 Å². The fourth-order valence-corrected chi connectivity index (χ4v) is 3.52. The second-order valence-corrected chi connectivity index (χ2v) is 6.61. The second kappa shape index (κ2) is 6.59. The molecule has 0 unspecified atom stereocenters. The molecule has 0 saturated carbocycles. The number of rotatable bonds is 4. The smallest absolute Gasteiger partial charge is 0.318 e. The van der Waals surface area contributed by atoms with E-state index in [-0.39, 0.29) is 18.0 Å². The minimum Gasteiger partial charge on any atom is -0.329 e. The number of amides is 3. The highest BCUT2D eigenvalue weighted by molar-refractivity contribution is 5.95. The standard InChI is InChI=1S/C20H21N3O2/c24-19-7-4-12-23(19)17-10-8-15(9-11-17)13-22-14-18(21-20(22)25)16-5-2-1-3-6-16/h1-3,5-6,8-11,18H,4,7,12-14H2,(H,21,25)/t18-/m1/s1. The van der Waals surface area contributed by atoms with Crippen LogP contribution < -0.4 is 10.2 Å². The molecule has 2 saturated heterocycles. The van der Waals surface area contributed by atoms with Crippen LogP contribution in [0, 0.1) is 0 Å². The number of nitrogens with zero attached hydrogens (tertiary/aromatic N) is 2. The molecule has 2 aliphatic heterocycles. The minimum absolute atomic E-state index is 0.0346. The van der Waals surface area contributed by atoms with E-state index in [4.69, 9.17) is 0 Å². The number of carbonyl (C=O) groups is 2. The Kier molecular flexibility index (Phi) is 4.14. The lowest BCUT2D eigenvalue weighted by atomic mass is 10.1. The normalized spacial score (nSPS) is 20.2. The van der Waals surface area contributed by atoms with Gasteiger partial charge in [-0.3, -0.25) is 4.79 Å². The van der Waals surface area contributed by atoms with E-state index < -0.39 is 0 Å². The van der Waals surface area contributed by atoms with Crippen molar-refractivity contribution in [3.8, 4) is 0 Å². The number of benzene rings is 2. The summed E-state index contributed by atoms with van der Waals surface area (Å²) in [6.07, 6.45) is 1.56. The van der Waals surface area contributed by atoms with E-state index in [2.05, 4.69) is 5.32 Å². The zero-order valence-corrected chi connectivity index (χ0v) is 14.0. The summed E-state index contributed by atoms with van der Waals surface area (Å²) in [5, 5.41) is 3.04. The van der Waals surface area contributed by atoms with Crippen LogP contribution in [0.15, 0.2) is 54.6 Å². The largest absolute Gasteiger partial charge is 0.329 e. The van der Waals surface area contributed by atoms with Crippen molar-refractivity contribution in [3.05, 3.63) is 65.7 Å². The molecule has 4 rings (SSSR count). The van der Waals surface area contributed by atoms with Gasteiger partial charge in [-0.25, -0.2) is 4.79 Å². The number of hydrogen-bond donors (Lipinski definition) is 1. The van der Waals surface area contributed by atoms with Gasteiger partial charge in [-0.05, 0) is 29.7 Å². The molecule has 2 aliphatic rings.